The molecule has 2 aliphatic rings. The van der Waals surface area contributed by atoms with E-state index in [9.17, 15) is 4.79 Å². The van der Waals surface area contributed by atoms with Gasteiger partial charge in [-0.1, -0.05) is 0 Å². The lowest BCUT2D eigenvalue weighted by molar-refractivity contribution is -0.126. The van der Waals surface area contributed by atoms with Gasteiger partial charge in [0.25, 0.3) is 0 Å². The van der Waals surface area contributed by atoms with Crippen molar-refractivity contribution in [3.8, 4) is 0 Å². The van der Waals surface area contributed by atoms with E-state index in [1.54, 1.807) is 0 Å². The summed E-state index contributed by atoms with van der Waals surface area (Å²) in [7, 11) is 0. The van der Waals surface area contributed by atoms with Crippen molar-refractivity contribution in [2.45, 2.75) is 70.7 Å². The summed E-state index contributed by atoms with van der Waals surface area (Å²) in [4.78, 5) is 14.7. The van der Waals surface area contributed by atoms with Crippen molar-refractivity contribution in [3.05, 3.63) is 0 Å². The maximum Gasteiger partial charge on any atom is 0.223 e. The standard InChI is InChI=1S/C16H31N3O2.2ClH/c1-11-8-19(9-12(2)21-11)16(3,4)10-18-15(20)13-5-6-14(17)7-13;;/h11-14H,5-10,17H2,1-4H3,(H,18,20);2*1H. The molecule has 2 fully saturated rings. The number of rotatable bonds is 4. The molecule has 3 N–H and O–H groups in total. The molecule has 5 nitrogen and oxygen atoms in total. The first-order valence-electron chi connectivity index (χ1n) is 8.21. The Balaban J connectivity index is 0.00000242. The second kappa shape index (κ2) is 9.42. The highest BCUT2D eigenvalue weighted by atomic mass is 35.5. The Morgan fingerprint density at radius 1 is 1.22 bits per heavy atom. The molecule has 0 bridgehead atoms. The van der Waals surface area contributed by atoms with Crippen LogP contribution >= 0.6 is 24.8 Å². The lowest BCUT2D eigenvalue weighted by atomic mass is 9.99. The molecule has 1 amide bonds. The molecule has 4 atom stereocenters. The van der Waals surface area contributed by atoms with Gasteiger partial charge in [0.2, 0.25) is 5.91 Å². The monoisotopic (exact) mass is 369 g/mol. The molecule has 1 heterocycles. The number of amides is 1. The lowest BCUT2D eigenvalue weighted by Crippen LogP contribution is -2.59. The van der Waals surface area contributed by atoms with E-state index in [0.717, 1.165) is 32.4 Å². The molecule has 0 spiro atoms. The minimum atomic E-state index is -0.0529. The van der Waals surface area contributed by atoms with Gasteiger partial charge in [0.05, 0.1) is 12.2 Å². The van der Waals surface area contributed by atoms with E-state index >= 15 is 0 Å². The number of hydrogen-bond donors (Lipinski definition) is 2. The molecular formula is C16H33Cl2N3O2. The Hall–Kier alpha value is -0.0700. The van der Waals surface area contributed by atoms with Crippen molar-refractivity contribution in [1.29, 1.82) is 0 Å². The molecule has 7 heteroatoms. The predicted octanol–water partition coefficient (Wildman–Crippen LogP) is 1.96. The molecule has 0 aromatic heterocycles. The van der Waals surface area contributed by atoms with Crippen LogP contribution in [0.5, 0.6) is 0 Å². The second-order valence-electron chi connectivity index (χ2n) is 7.46. The number of nitrogens with one attached hydrogen (secondary N) is 1. The Labute approximate surface area is 152 Å². The summed E-state index contributed by atoms with van der Waals surface area (Å²) >= 11 is 0. The summed E-state index contributed by atoms with van der Waals surface area (Å²) in [6, 6.07) is 0.203. The molecule has 0 aromatic rings. The largest absolute Gasteiger partial charge is 0.373 e. The lowest BCUT2D eigenvalue weighted by Gasteiger charge is -2.45. The van der Waals surface area contributed by atoms with Gasteiger partial charge in [-0.15, -0.1) is 24.8 Å². The van der Waals surface area contributed by atoms with Gasteiger partial charge in [-0.2, -0.15) is 0 Å². The van der Waals surface area contributed by atoms with Gasteiger partial charge >= 0.3 is 0 Å². The zero-order valence-corrected chi connectivity index (χ0v) is 16.3. The van der Waals surface area contributed by atoms with Gasteiger partial charge in [0, 0.05) is 37.1 Å². The van der Waals surface area contributed by atoms with Crippen LogP contribution in [0.2, 0.25) is 0 Å². The van der Waals surface area contributed by atoms with Crippen molar-refractivity contribution >= 4 is 30.7 Å². The number of hydrogen-bond acceptors (Lipinski definition) is 4. The molecule has 0 aromatic carbocycles. The Morgan fingerprint density at radius 3 is 2.26 bits per heavy atom. The summed E-state index contributed by atoms with van der Waals surface area (Å²) in [6.07, 6.45) is 3.23. The second-order valence-corrected chi connectivity index (χ2v) is 7.46. The molecule has 23 heavy (non-hydrogen) atoms. The normalized spacial score (nSPS) is 31.9. The predicted molar refractivity (Wildman–Crippen MR) is 98.5 cm³/mol. The highest BCUT2D eigenvalue weighted by molar-refractivity contribution is 5.85. The first kappa shape index (κ1) is 22.9. The van der Waals surface area contributed by atoms with Gasteiger partial charge in [-0.25, -0.2) is 0 Å². The van der Waals surface area contributed by atoms with Gasteiger partial charge in [0.1, 0.15) is 0 Å². The number of halogens is 2. The van der Waals surface area contributed by atoms with Gasteiger partial charge in [-0.05, 0) is 47.0 Å². The molecular weight excluding hydrogens is 337 g/mol. The first-order chi connectivity index (χ1) is 9.78. The van der Waals surface area contributed by atoms with Crippen LogP contribution in [0.3, 0.4) is 0 Å². The van der Waals surface area contributed by atoms with E-state index in [2.05, 4.69) is 37.9 Å². The zero-order valence-electron chi connectivity index (χ0n) is 14.7. The summed E-state index contributed by atoms with van der Waals surface area (Å²) in [5.41, 5.74) is 5.84. The van der Waals surface area contributed by atoms with Crippen LogP contribution in [0.4, 0.5) is 0 Å². The van der Waals surface area contributed by atoms with Crippen LogP contribution < -0.4 is 11.1 Å². The van der Waals surface area contributed by atoms with E-state index < -0.39 is 0 Å². The Morgan fingerprint density at radius 2 is 1.78 bits per heavy atom. The van der Waals surface area contributed by atoms with Crippen LogP contribution in [0.15, 0.2) is 0 Å². The van der Waals surface area contributed by atoms with E-state index in [4.69, 9.17) is 10.5 Å². The summed E-state index contributed by atoms with van der Waals surface area (Å²) in [5.74, 6) is 0.281. The third kappa shape index (κ3) is 6.39. The molecule has 4 unspecified atom stereocenters. The number of ether oxygens (including phenoxy) is 1. The van der Waals surface area contributed by atoms with E-state index in [-0.39, 0.29) is 60.4 Å². The molecule has 0 radical (unpaired) electrons. The van der Waals surface area contributed by atoms with Crippen LogP contribution in [-0.2, 0) is 9.53 Å². The minimum absolute atomic E-state index is 0. The molecule has 1 aliphatic heterocycles. The quantitative estimate of drug-likeness (QED) is 0.794. The molecule has 1 saturated heterocycles. The van der Waals surface area contributed by atoms with Crippen molar-refractivity contribution in [2.24, 2.45) is 11.7 Å². The molecule has 138 valence electrons. The summed E-state index contributed by atoms with van der Waals surface area (Å²) < 4.78 is 5.79. The van der Waals surface area contributed by atoms with Crippen molar-refractivity contribution in [3.63, 3.8) is 0 Å². The SMILES string of the molecule is CC1CN(C(C)(C)CNC(=O)C2CCC(N)C2)CC(C)O1.Cl.Cl. The van der Waals surface area contributed by atoms with Crippen molar-refractivity contribution < 1.29 is 9.53 Å². The van der Waals surface area contributed by atoms with Gasteiger partial charge < -0.3 is 15.8 Å². The van der Waals surface area contributed by atoms with E-state index in [0.29, 0.717) is 6.54 Å². The van der Waals surface area contributed by atoms with Crippen LogP contribution in [0.1, 0.15) is 47.0 Å². The fraction of sp³-hybridized carbons (Fsp3) is 0.938. The third-order valence-corrected chi connectivity index (χ3v) is 4.81. The number of nitrogens with zero attached hydrogens (tertiary/aromatic N) is 1. The van der Waals surface area contributed by atoms with Gasteiger partial charge in [-0.3, -0.25) is 9.69 Å². The van der Waals surface area contributed by atoms with Crippen molar-refractivity contribution in [2.75, 3.05) is 19.6 Å². The zero-order chi connectivity index (χ0) is 15.6. The van der Waals surface area contributed by atoms with Crippen LogP contribution in [0.25, 0.3) is 0 Å². The first-order valence-corrected chi connectivity index (χ1v) is 8.21. The van der Waals surface area contributed by atoms with Gasteiger partial charge in [0.15, 0.2) is 0 Å². The number of carbonyl (C=O) groups excluding carboxylic acids is 1. The van der Waals surface area contributed by atoms with Crippen LogP contribution in [-0.4, -0.2) is 54.2 Å². The van der Waals surface area contributed by atoms with E-state index in [1.165, 1.54) is 0 Å². The third-order valence-electron chi connectivity index (χ3n) is 4.81. The topological polar surface area (TPSA) is 67.6 Å². The Bertz CT molecular complexity index is 372. The fourth-order valence-electron chi connectivity index (χ4n) is 3.49. The smallest absolute Gasteiger partial charge is 0.223 e. The van der Waals surface area contributed by atoms with Crippen molar-refractivity contribution in [1.82, 2.24) is 10.2 Å². The molecule has 2 rings (SSSR count). The maximum absolute atomic E-state index is 12.2. The molecule has 1 saturated carbocycles. The highest BCUT2D eigenvalue weighted by Crippen LogP contribution is 2.25. The summed E-state index contributed by atoms with van der Waals surface area (Å²) in [6.45, 7) is 11.1. The average molecular weight is 370 g/mol. The average Bonchev–Trinajstić information content (AvgIpc) is 2.82. The fourth-order valence-corrected chi connectivity index (χ4v) is 3.49. The number of nitrogens with two attached hydrogens (primary N) is 1. The van der Waals surface area contributed by atoms with E-state index in [1.807, 2.05) is 0 Å². The number of carbonyl (C=O) groups is 1. The number of morpholine rings is 1. The summed E-state index contributed by atoms with van der Waals surface area (Å²) in [5, 5.41) is 3.14. The highest BCUT2D eigenvalue weighted by Gasteiger charge is 2.34. The maximum atomic E-state index is 12.2. The molecule has 1 aliphatic carbocycles. The minimum Gasteiger partial charge on any atom is -0.373 e. The van der Waals surface area contributed by atoms with Crippen LogP contribution in [0, 0.1) is 5.92 Å². The Kier molecular flexibility index (Phi) is 9.39.